The van der Waals surface area contributed by atoms with E-state index in [1.54, 1.807) is 13.2 Å². The van der Waals surface area contributed by atoms with Crippen molar-refractivity contribution >= 4 is 17.6 Å². The van der Waals surface area contributed by atoms with Gasteiger partial charge in [-0.2, -0.15) is 0 Å². The standard InChI is InChI=1S/C20H26ClN3O2/c1-3-22-20(23-13-11-15-7-4-5-9-17(15)21)24-14-12-16-8-6-10-18(26-2)19(16)25/h4-10,25H,3,11-14H2,1-2H3,(H2,22,23,24). The van der Waals surface area contributed by atoms with Crippen molar-refractivity contribution in [2.24, 2.45) is 4.99 Å². The first-order valence-corrected chi connectivity index (χ1v) is 9.14. The molecule has 0 aromatic heterocycles. The highest BCUT2D eigenvalue weighted by Gasteiger charge is 2.07. The van der Waals surface area contributed by atoms with E-state index in [4.69, 9.17) is 16.3 Å². The van der Waals surface area contributed by atoms with Crippen LogP contribution >= 0.6 is 11.6 Å². The Hall–Kier alpha value is -2.40. The second-order valence-electron chi connectivity index (χ2n) is 5.75. The van der Waals surface area contributed by atoms with E-state index in [-0.39, 0.29) is 5.75 Å². The highest BCUT2D eigenvalue weighted by molar-refractivity contribution is 6.31. The normalized spacial score (nSPS) is 11.3. The molecule has 6 heteroatoms. The van der Waals surface area contributed by atoms with Gasteiger partial charge in [-0.3, -0.25) is 4.99 Å². The molecule has 2 aromatic rings. The number of para-hydroxylation sites is 1. The van der Waals surface area contributed by atoms with E-state index < -0.39 is 0 Å². The number of methoxy groups -OCH3 is 1. The van der Waals surface area contributed by atoms with Gasteiger partial charge in [0.15, 0.2) is 17.5 Å². The number of nitrogens with zero attached hydrogens (tertiary/aromatic N) is 1. The molecule has 0 aliphatic rings. The average molecular weight is 376 g/mol. The zero-order chi connectivity index (χ0) is 18.8. The molecule has 0 radical (unpaired) electrons. The van der Waals surface area contributed by atoms with Crippen LogP contribution in [0.2, 0.25) is 5.02 Å². The Morgan fingerprint density at radius 1 is 1.08 bits per heavy atom. The molecule has 0 heterocycles. The first-order chi connectivity index (χ1) is 12.7. The third-order valence-electron chi connectivity index (χ3n) is 3.94. The maximum atomic E-state index is 10.1. The van der Waals surface area contributed by atoms with Gasteiger partial charge in [0.2, 0.25) is 0 Å². The molecule has 0 atom stereocenters. The van der Waals surface area contributed by atoms with E-state index >= 15 is 0 Å². The molecule has 3 N–H and O–H groups in total. The van der Waals surface area contributed by atoms with E-state index in [0.29, 0.717) is 25.3 Å². The fourth-order valence-corrected chi connectivity index (χ4v) is 2.81. The van der Waals surface area contributed by atoms with E-state index in [0.717, 1.165) is 35.1 Å². The summed E-state index contributed by atoms with van der Waals surface area (Å²) >= 11 is 6.18. The molecule has 0 aliphatic heterocycles. The lowest BCUT2D eigenvalue weighted by atomic mass is 10.1. The average Bonchev–Trinajstić information content (AvgIpc) is 2.64. The largest absolute Gasteiger partial charge is 0.504 e. The molecular weight excluding hydrogens is 350 g/mol. The van der Waals surface area contributed by atoms with Gasteiger partial charge in [0.25, 0.3) is 0 Å². The van der Waals surface area contributed by atoms with Gasteiger partial charge in [-0.15, -0.1) is 0 Å². The van der Waals surface area contributed by atoms with Crippen LogP contribution in [0.5, 0.6) is 11.5 Å². The van der Waals surface area contributed by atoms with Crippen molar-refractivity contribution in [3.05, 3.63) is 58.6 Å². The van der Waals surface area contributed by atoms with Gasteiger partial charge in [0, 0.05) is 24.7 Å². The van der Waals surface area contributed by atoms with Crippen molar-refractivity contribution in [3.8, 4) is 11.5 Å². The molecule has 0 aliphatic carbocycles. The molecule has 5 nitrogen and oxygen atoms in total. The number of nitrogens with one attached hydrogen (secondary N) is 2. The number of aliphatic imine (C=N–C) groups is 1. The molecule has 2 rings (SSSR count). The van der Waals surface area contributed by atoms with Gasteiger partial charge < -0.3 is 20.5 Å². The minimum Gasteiger partial charge on any atom is -0.504 e. The lowest BCUT2D eigenvalue weighted by Gasteiger charge is -2.13. The molecule has 0 saturated carbocycles. The molecule has 0 fully saturated rings. The van der Waals surface area contributed by atoms with Crippen molar-refractivity contribution in [2.45, 2.75) is 19.8 Å². The van der Waals surface area contributed by atoms with Gasteiger partial charge >= 0.3 is 0 Å². The number of hydrogen-bond donors (Lipinski definition) is 3. The minimum atomic E-state index is 0.192. The van der Waals surface area contributed by atoms with Gasteiger partial charge in [-0.1, -0.05) is 41.9 Å². The maximum absolute atomic E-state index is 10.1. The number of aromatic hydroxyl groups is 1. The Morgan fingerprint density at radius 3 is 2.58 bits per heavy atom. The van der Waals surface area contributed by atoms with Gasteiger partial charge in [0.05, 0.1) is 7.11 Å². The fourth-order valence-electron chi connectivity index (χ4n) is 2.58. The van der Waals surface area contributed by atoms with Crippen LogP contribution < -0.4 is 15.4 Å². The highest BCUT2D eigenvalue weighted by atomic mass is 35.5. The lowest BCUT2D eigenvalue weighted by Crippen LogP contribution is -2.38. The van der Waals surface area contributed by atoms with Crippen molar-refractivity contribution in [1.29, 1.82) is 0 Å². The van der Waals surface area contributed by atoms with Crippen LogP contribution in [0.25, 0.3) is 0 Å². The monoisotopic (exact) mass is 375 g/mol. The Bertz CT molecular complexity index is 735. The summed E-state index contributed by atoms with van der Waals surface area (Å²) in [4.78, 5) is 4.59. The number of hydrogen-bond acceptors (Lipinski definition) is 3. The lowest BCUT2D eigenvalue weighted by molar-refractivity contribution is 0.370. The summed E-state index contributed by atoms with van der Waals surface area (Å²) in [5, 5.41) is 17.4. The first kappa shape index (κ1) is 19.9. The highest BCUT2D eigenvalue weighted by Crippen LogP contribution is 2.29. The SMILES string of the molecule is CCNC(=NCCc1ccccc1Cl)NCCc1cccc(OC)c1O. The third-order valence-corrected chi connectivity index (χ3v) is 4.31. The Kier molecular flexibility index (Phi) is 8.09. The molecule has 0 spiro atoms. The predicted molar refractivity (Wildman–Crippen MR) is 108 cm³/mol. The zero-order valence-corrected chi connectivity index (χ0v) is 16.0. The number of halogens is 1. The molecular formula is C20H26ClN3O2. The van der Waals surface area contributed by atoms with Gasteiger partial charge in [0.1, 0.15) is 0 Å². The molecule has 0 bridgehead atoms. The Morgan fingerprint density at radius 2 is 1.85 bits per heavy atom. The molecule has 26 heavy (non-hydrogen) atoms. The summed E-state index contributed by atoms with van der Waals surface area (Å²) < 4.78 is 5.14. The Balaban J connectivity index is 1.88. The van der Waals surface area contributed by atoms with Crippen molar-refractivity contribution in [3.63, 3.8) is 0 Å². The quantitative estimate of drug-likeness (QED) is 0.488. The van der Waals surface area contributed by atoms with Gasteiger partial charge in [-0.25, -0.2) is 0 Å². The van der Waals surface area contributed by atoms with Crippen molar-refractivity contribution in [2.75, 3.05) is 26.7 Å². The summed E-state index contributed by atoms with van der Waals surface area (Å²) in [7, 11) is 1.55. The van der Waals surface area contributed by atoms with Crippen LogP contribution in [-0.2, 0) is 12.8 Å². The van der Waals surface area contributed by atoms with E-state index in [9.17, 15) is 5.11 Å². The molecule has 0 saturated heterocycles. The molecule has 2 aromatic carbocycles. The summed E-state index contributed by atoms with van der Waals surface area (Å²) in [5.41, 5.74) is 1.93. The summed E-state index contributed by atoms with van der Waals surface area (Å²) in [5.74, 6) is 1.43. The predicted octanol–water partition coefficient (Wildman–Crippen LogP) is 3.39. The number of benzene rings is 2. The number of ether oxygens (including phenoxy) is 1. The fraction of sp³-hybridized carbons (Fsp3) is 0.350. The van der Waals surface area contributed by atoms with E-state index in [2.05, 4.69) is 15.6 Å². The third kappa shape index (κ3) is 5.85. The number of phenolic OH excluding ortho intramolecular Hbond substituents is 1. The van der Waals surface area contributed by atoms with E-state index in [1.807, 2.05) is 43.3 Å². The second-order valence-corrected chi connectivity index (χ2v) is 6.15. The van der Waals surface area contributed by atoms with Crippen LogP contribution in [0.4, 0.5) is 0 Å². The molecule has 140 valence electrons. The number of rotatable bonds is 8. The number of phenols is 1. The summed E-state index contributed by atoms with van der Waals surface area (Å²) in [6, 6.07) is 13.3. The summed E-state index contributed by atoms with van der Waals surface area (Å²) in [6.45, 7) is 4.10. The zero-order valence-electron chi connectivity index (χ0n) is 15.3. The summed E-state index contributed by atoms with van der Waals surface area (Å²) in [6.07, 6.45) is 1.45. The van der Waals surface area contributed by atoms with Crippen LogP contribution in [0.15, 0.2) is 47.5 Å². The number of guanidine groups is 1. The Labute approximate surface area is 160 Å². The first-order valence-electron chi connectivity index (χ1n) is 8.76. The van der Waals surface area contributed by atoms with Crippen molar-refractivity contribution in [1.82, 2.24) is 10.6 Å². The molecule has 0 unspecified atom stereocenters. The van der Waals surface area contributed by atoms with Crippen LogP contribution in [0.3, 0.4) is 0 Å². The topological polar surface area (TPSA) is 65.9 Å². The minimum absolute atomic E-state index is 0.192. The van der Waals surface area contributed by atoms with Crippen LogP contribution in [0, 0.1) is 0 Å². The van der Waals surface area contributed by atoms with Crippen LogP contribution in [-0.4, -0.2) is 37.8 Å². The second kappa shape index (κ2) is 10.6. The molecule has 0 amide bonds. The van der Waals surface area contributed by atoms with E-state index in [1.165, 1.54) is 0 Å². The van der Waals surface area contributed by atoms with Crippen LogP contribution in [0.1, 0.15) is 18.1 Å². The smallest absolute Gasteiger partial charge is 0.191 e. The maximum Gasteiger partial charge on any atom is 0.191 e. The van der Waals surface area contributed by atoms with Crippen molar-refractivity contribution < 1.29 is 9.84 Å². The van der Waals surface area contributed by atoms with Gasteiger partial charge in [-0.05, 0) is 43.0 Å².